The van der Waals surface area contributed by atoms with Crippen LogP contribution in [-0.4, -0.2) is 49.3 Å². The summed E-state index contributed by atoms with van der Waals surface area (Å²) in [5.74, 6) is -2.51. The highest BCUT2D eigenvalue weighted by Gasteiger charge is 2.21. The highest BCUT2D eigenvalue weighted by molar-refractivity contribution is 5.93. The SMILES string of the molecule is CCCC[C@H](CC)COC(=O)[C@H](C)OC(=O)/C=C\C(=O)O[C@H](C)C(=O)OC[C@@H](CC)CCCC. The summed E-state index contributed by atoms with van der Waals surface area (Å²) in [5, 5.41) is 0. The molecule has 0 fully saturated rings. The van der Waals surface area contributed by atoms with Crippen LogP contribution >= 0.6 is 0 Å². The highest BCUT2D eigenvalue weighted by atomic mass is 16.6. The van der Waals surface area contributed by atoms with Gasteiger partial charge in [-0.3, -0.25) is 0 Å². The van der Waals surface area contributed by atoms with E-state index in [-0.39, 0.29) is 25.0 Å². The Bertz CT molecular complexity index is 589. The lowest BCUT2D eigenvalue weighted by atomic mass is 10.0. The number of carbonyl (C=O) groups excluding carboxylic acids is 4. The number of unbranched alkanes of at least 4 members (excludes halogenated alkanes) is 2. The van der Waals surface area contributed by atoms with E-state index in [1.807, 2.05) is 13.8 Å². The number of esters is 4. The molecule has 0 bridgehead atoms. The van der Waals surface area contributed by atoms with Crippen LogP contribution in [0.2, 0.25) is 0 Å². The molecule has 8 heteroatoms. The molecular formula is C26H44O8. The number of carbonyl (C=O) groups is 4. The Balaban J connectivity index is 4.40. The van der Waals surface area contributed by atoms with Gasteiger partial charge in [0.25, 0.3) is 0 Å². The molecule has 0 aromatic carbocycles. The Kier molecular flexibility index (Phi) is 17.7. The summed E-state index contributed by atoms with van der Waals surface area (Å²) in [4.78, 5) is 47.9. The Morgan fingerprint density at radius 1 is 0.647 bits per heavy atom. The lowest BCUT2D eigenvalue weighted by molar-refractivity contribution is -0.165. The van der Waals surface area contributed by atoms with Crippen LogP contribution in [0.25, 0.3) is 0 Å². The van der Waals surface area contributed by atoms with Crippen molar-refractivity contribution in [2.24, 2.45) is 11.8 Å². The van der Waals surface area contributed by atoms with E-state index in [2.05, 4.69) is 13.8 Å². The van der Waals surface area contributed by atoms with Crippen molar-refractivity contribution in [1.82, 2.24) is 0 Å². The third-order valence-electron chi connectivity index (χ3n) is 5.61. The molecule has 0 aliphatic carbocycles. The van der Waals surface area contributed by atoms with E-state index in [0.717, 1.165) is 63.5 Å². The largest absolute Gasteiger partial charge is 0.463 e. The molecule has 0 saturated carbocycles. The predicted molar refractivity (Wildman–Crippen MR) is 129 cm³/mol. The fraction of sp³-hybridized carbons (Fsp3) is 0.769. The van der Waals surface area contributed by atoms with E-state index in [9.17, 15) is 19.2 Å². The van der Waals surface area contributed by atoms with Crippen molar-refractivity contribution in [3.8, 4) is 0 Å². The van der Waals surface area contributed by atoms with Gasteiger partial charge in [-0.1, -0.05) is 66.2 Å². The van der Waals surface area contributed by atoms with Crippen LogP contribution in [-0.2, 0) is 38.1 Å². The zero-order valence-corrected chi connectivity index (χ0v) is 21.8. The maximum atomic E-state index is 12.1. The van der Waals surface area contributed by atoms with E-state index in [0.29, 0.717) is 0 Å². The van der Waals surface area contributed by atoms with Crippen molar-refractivity contribution in [2.75, 3.05) is 13.2 Å². The first kappa shape index (κ1) is 31.6. The smallest absolute Gasteiger partial charge is 0.347 e. The molecule has 0 rings (SSSR count). The summed E-state index contributed by atoms with van der Waals surface area (Å²) in [6, 6.07) is 0. The molecule has 34 heavy (non-hydrogen) atoms. The summed E-state index contributed by atoms with van der Waals surface area (Å²) in [5.41, 5.74) is 0. The summed E-state index contributed by atoms with van der Waals surface area (Å²) in [6.45, 7) is 11.7. The summed E-state index contributed by atoms with van der Waals surface area (Å²) < 4.78 is 20.4. The van der Waals surface area contributed by atoms with Crippen LogP contribution in [0.1, 0.15) is 92.9 Å². The van der Waals surface area contributed by atoms with Gasteiger partial charge in [-0.05, 0) is 38.5 Å². The van der Waals surface area contributed by atoms with Gasteiger partial charge in [-0.15, -0.1) is 0 Å². The molecule has 0 amide bonds. The maximum Gasteiger partial charge on any atom is 0.347 e. The van der Waals surface area contributed by atoms with Gasteiger partial charge in [-0.25, -0.2) is 19.2 Å². The lowest BCUT2D eigenvalue weighted by Crippen LogP contribution is -2.28. The minimum absolute atomic E-state index is 0.277. The van der Waals surface area contributed by atoms with Crippen molar-refractivity contribution in [3.05, 3.63) is 12.2 Å². The molecule has 196 valence electrons. The minimum atomic E-state index is -1.11. The van der Waals surface area contributed by atoms with Crippen LogP contribution in [0.5, 0.6) is 0 Å². The normalized spacial score (nSPS) is 14.6. The highest BCUT2D eigenvalue weighted by Crippen LogP contribution is 2.14. The second-order valence-corrected chi connectivity index (χ2v) is 8.58. The third-order valence-corrected chi connectivity index (χ3v) is 5.61. The third kappa shape index (κ3) is 14.7. The fourth-order valence-corrected chi connectivity index (χ4v) is 3.09. The van der Waals surface area contributed by atoms with E-state index < -0.39 is 36.1 Å². The Morgan fingerprint density at radius 3 is 1.29 bits per heavy atom. The fourth-order valence-electron chi connectivity index (χ4n) is 3.09. The Labute approximate surface area is 204 Å². The average Bonchev–Trinajstić information content (AvgIpc) is 2.82. The molecule has 0 spiro atoms. The summed E-state index contributed by atoms with van der Waals surface area (Å²) >= 11 is 0. The first-order valence-electron chi connectivity index (χ1n) is 12.6. The topological polar surface area (TPSA) is 105 Å². The number of hydrogen-bond donors (Lipinski definition) is 0. The molecule has 0 aliphatic heterocycles. The van der Waals surface area contributed by atoms with Crippen LogP contribution in [0.15, 0.2) is 12.2 Å². The van der Waals surface area contributed by atoms with E-state index in [1.165, 1.54) is 13.8 Å². The van der Waals surface area contributed by atoms with E-state index in [4.69, 9.17) is 18.9 Å². The van der Waals surface area contributed by atoms with Gasteiger partial charge in [0.2, 0.25) is 0 Å². The van der Waals surface area contributed by atoms with Crippen molar-refractivity contribution in [2.45, 2.75) is 105 Å². The van der Waals surface area contributed by atoms with Crippen molar-refractivity contribution in [1.29, 1.82) is 0 Å². The van der Waals surface area contributed by atoms with Gasteiger partial charge in [-0.2, -0.15) is 0 Å². The maximum absolute atomic E-state index is 12.1. The molecule has 4 atom stereocenters. The molecule has 0 heterocycles. The monoisotopic (exact) mass is 484 g/mol. The van der Waals surface area contributed by atoms with Crippen LogP contribution < -0.4 is 0 Å². The number of ether oxygens (including phenoxy) is 4. The zero-order valence-electron chi connectivity index (χ0n) is 21.8. The van der Waals surface area contributed by atoms with Gasteiger partial charge in [0.05, 0.1) is 13.2 Å². The van der Waals surface area contributed by atoms with E-state index in [1.54, 1.807) is 0 Å². The molecule has 0 saturated heterocycles. The van der Waals surface area contributed by atoms with Crippen molar-refractivity contribution < 1.29 is 38.1 Å². The Morgan fingerprint density at radius 2 is 1.00 bits per heavy atom. The average molecular weight is 485 g/mol. The van der Waals surface area contributed by atoms with Gasteiger partial charge in [0.1, 0.15) is 0 Å². The quantitative estimate of drug-likeness (QED) is 0.153. The molecule has 8 nitrogen and oxygen atoms in total. The summed E-state index contributed by atoms with van der Waals surface area (Å²) in [7, 11) is 0. The van der Waals surface area contributed by atoms with Gasteiger partial charge < -0.3 is 18.9 Å². The van der Waals surface area contributed by atoms with Crippen LogP contribution in [0, 0.1) is 11.8 Å². The molecule has 0 N–H and O–H groups in total. The summed E-state index contributed by atoms with van der Waals surface area (Å²) in [6.07, 6.45) is 7.51. The lowest BCUT2D eigenvalue weighted by Gasteiger charge is -2.17. The van der Waals surface area contributed by atoms with Gasteiger partial charge >= 0.3 is 23.9 Å². The second-order valence-electron chi connectivity index (χ2n) is 8.58. The first-order valence-corrected chi connectivity index (χ1v) is 12.6. The number of rotatable bonds is 18. The molecule has 0 radical (unpaired) electrons. The zero-order chi connectivity index (χ0) is 25.9. The first-order chi connectivity index (χ1) is 16.2. The van der Waals surface area contributed by atoms with Crippen LogP contribution in [0.3, 0.4) is 0 Å². The second kappa shape index (κ2) is 19.0. The minimum Gasteiger partial charge on any atom is -0.463 e. The van der Waals surface area contributed by atoms with Gasteiger partial charge in [0.15, 0.2) is 12.2 Å². The molecule has 0 unspecified atom stereocenters. The van der Waals surface area contributed by atoms with Crippen molar-refractivity contribution >= 4 is 23.9 Å². The van der Waals surface area contributed by atoms with Gasteiger partial charge in [0, 0.05) is 12.2 Å². The van der Waals surface area contributed by atoms with Crippen molar-refractivity contribution in [3.63, 3.8) is 0 Å². The number of hydrogen-bond acceptors (Lipinski definition) is 8. The van der Waals surface area contributed by atoms with Crippen LogP contribution in [0.4, 0.5) is 0 Å². The standard InChI is InChI=1S/C26H44O8/c1-7-11-13-21(9-3)17-31-25(29)19(5)33-23(27)15-16-24(28)34-20(6)26(30)32-18-22(10-4)14-12-8-2/h15-16,19-22H,7-14,17-18H2,1-6H3/b16-15-/t19-,20+,21-,22-/m0/s1. The predicted octanol–water partition coefficient (Wildman–Crippen LogP) is 4.93. The molecule has 0 aliphatic rings. The molecular weight excluding hydrogens is 440 g/mol. The molecule has 0 aromatic heterocycles. The Hall–Kier alpha value is -2.38. The van der Waals surface area contributed by atoms with E-state index >= 15 is 0 Å². The molecule has 0 aromatic rings.